The van der Waals surface area contributed by atoms with Gasteiger partial charge in [0.15, 0.2) is 0 Å². The van der Waals surface area contributed by atoms with E-state index in [4.69, 9.17) is 9.73 Å². The standard InChI is InChI=1S/C19H25N3O6S2/c1-27-18(24)28-16-14(7-12-29-16)30(25,26)22-10-8-19(9-11-22)17(23)20-15(21-19)13-5-3-2-4-6-13/h7,12-13H,2-6,8-11H2,1H3,(H,20,21,23). The van der Waals surface area contributed by atoms with E-state index in [0.717, 1.165) is 50.0 Å². The Hall–Kier alpha value is -1.98. The van der Waals surface area contributed by atoms with Crippen LogP contribution in [-0.4, -0.2) is 56.4 Å². The van der Waals surface area contributed by atoms with Crippen LogP contribution in [0.1, 0.15) is 44.9 Å². The molecule has 1 aliphatic carbocycles. The Kier molecular flexibility index (Phi) is 5.86. The Labute approximate surface area is 179 Å². The number of amides is 1. The molecular formula is C19H25N3O6S2. The highest BCUT2D eigenvalue weighted by Crippen LogP contribution is 2.38. The molecule has 0 bridgehead atoms. The number of sulfonamides is 1. The molecule has 11 heteroatoms. The third-order valence-electron chi connectivity index (χ3n) is 6.10. The summed E-state index contributed by atoms with van der Waals surface area (Å²) in [5.74, 6) is 0.959. The van der Waals surface area contributed by atoms with Crippen LogP contribution in [0, 0.1) is 5.92 Å². The molecule has 3 heterocycles. The molecule has 3 aliphatic rings. The lowest BCUT2D eigenvalue weighted by molar-refractivity contribution is -0.125. The normalized spacial score (nSPS) is 22.6. The maximum Gasteiger partial charge on any atom is 0.514 e. The molecule has 0 radical (unpaired) electrons. The number of carbonyl (C=O) groups excluding carboxylic acids is 2. The van der Waals surface area contributed by atoms with Gasteiger partial charge in [-0.2, -0.15) is 4.31 Å². The summed E-state index contributed by atoms with van der Waals surface area (Å²) in [4.78, 5) is 28.8. The number of amidine groups is 1. The summed E-state index contributed by atoms with van der Waals surface area (Å²) in [6.45, 7) is 0.343. The number of aliphatic imine (C=N–C) groups is 1. The van der Waals surface area contributed by atoms with Crippen LogP contribution in [0.5, 0.6) is 5.06 Å². The smallest absolute Gasteiger partial charge is 0.437 e. The van der Waals surface area contributed by atoms with Crippen molar-refractivity contribution in [3.8, 4) is 5.06 Å². The minimum atomic E-state index is -3.87. The second-order valence-electron chi connectivity index (χ2n) is 7.85. The van der Waals surface area contributed by atoms with Gasteiger partial charge in [0.2, 0.25) is 15.1 Å². The molecule has 1 spiro atoms. The van der Waals surface area contributed by atoms with Crippen LogP contribution in [0.2, 0.25) is 0 Å². The molecule has 1 saturated carbocycles. The predicted octanol–water partition coefficient (Wildman–Crippen LogP) is 2.53. The van der Waals surface area contributed by atoms with Crippen molar-refractivity contribution in [3.63, 3.8) is 0 Å². The van der Waals surface area contributed by atoms with Crippen LogP contribution in [0.3, 0.4) is 0 Å². The lowest BCUT2D eigenvalue weighted by atomic mass is 9.88. The van der Waals surface area contributed by atoms with Crippen LogP contribution < -0.4 is 10.1 Å². The van der Waals surface area contributed by atoms with E-state index in [9.17, 15) is 18.0 Å². The molecule has 164 valence electrons. The SMILES string of the molecule is COC(=O)Oc1sccc1S(=O)(=O)N1CCC2(CC1)N=C(C1CCCCC1)NC2=O. The van der Waals surface area contributed by atoms with E-state index >= 15 is 0 Å². The van der Waals surface area contributed by atoms with E-state index in [1.54, 1.807) is 5.38 Å². The highest BCUT2D eigenvalue weighted by Gasteiger charge is 2.48. The number of thiophene rings is 1. The van der Waals surface area contributed by atoms with Crippen LogP contribution >= 0.6 is 11.3 Å². The van der Waals surface area contributed by atoms with Crippen LogP contribution in [0.15, 0.2) is 21.3 Å². The lowest BCUT2D eigenvalue weighted by Gasteiger charge is -2.34. The minimum absolute atomic E-state index is 0.0293. The molecule has 1 aromatic heterocycles. The third kappa shape index (κ3) is 3.85. The van der Waals surface area contributed by atoms with Gasteiger partial charge in [0.25, 0.3) is 5.91 Å². The molecule has 1 N–H and O–H groups in total. The molecule has 1 aromatic rings. The van der Waals surface area contributed by atoms with Gasteiger partial charge in [-0.15, -0.1) is 11.3 Å². The summed E-state index contributed by atoms with van der Waals surface area (Å²) in [5.41, 5.74) is -0.876. The van der Waals surface area contributed by atoms with E-state index in [0.29, 0.717) is 18.8 Å². The number of nitrogens with one attached hydrogen (secondary N) is 1. The Bertz CT molecular complexity index is 957. The van der Waals surface area contributed by atoms with E-state index in [1.807, 2.05) is 0 Å². The number of methoxy groups -OCH3 is 1. The molecule has 1 saturated heterocycles. The summed E-state index contributed by atoms with van der Waals surface area (Å²) in [5, 5.41) is 4.49. The number of piperidine rings is 1. The van der Waals surface area contributed by atoms with Gasteiger partial charge < -0.3 is 14.8 Å². The predicted molar refractivity (Wildman–Crippen MR) is 110 cm³/mol. The molecule has 0 atom stereocenters. The summed E-state index contributed by atoms with van der Waals surface area (Å²) in [7, 11) is -2.71. The maximum absolute atomic E-state index is 13.1. The van der Waals surface area contributed by atoms with Crippen molar-refractivity contribution >= 4 is 39.3 Å². The quantitative estimate of drug-likeness (QED) is 0.698. The first kappa shape index (κ1) is 21.3. The fourth-order valence-electron chi connectivity index (χ4n) is 4.35. The zero-order valence-corrected chi connectivity index (χ0v) is 18.4. The monoisotopic (exact) mass is 455 g/mol. The summed E-state index contributed by atoms with van der Waals surface area (Å²) in [6, 6.07) is 1.41. The van der Waals surface area contributed by atoms with Gasteiger partial charge in [-0.1, -0.05) is 19.3 Å². The average molecular weight is 456 g/mol. The first-order valence-electron chi connectivity index (χ1n) is 10.1. The number of rotatable bonds is 4. The Morgan fingerprint density at radius 3 is 2.63 bits per heavy atom. The lowest BCUT2D eigenvalue weighted by Crippen LogP contribution is -2.50. The van der Waals surface area contributed by atoms with Gasteiger partial charge in [-0.05, 0) is 37.1 Å². The van der Waals surface area contributed by atoms with E-state index in [-0.39, 0.29) is 29.0 Å². The maximum atomic E-state index is 13.1. The van der Waals surface area contributed by atoms with Gasteiger partial charge in [-0.25, -0.2) is 13.2 Å². The van der Waals surface area contributed by atoms with E-state index in [1.165, 1.54) is 16.8 Å². The van der Waals surface area contributed by atoms with Crippen LogP contribution in [0.25, 0.3) is 0 Å². The first-order valence-corrected chi connectivity index (χ1v) is 12.4. The highest BCUT2D eigenvalue weighted by atomic mass is 32.2. The molecule has 0 unspecified atom stereocenters. The summed E-state index contributed by atoms with van der Waals surface area (Å²) < 4.78 is 36.9. The number of ether oxygens (including phenoxy) is 2. The molecule has 9 nitrogen and oxygen atoms in total. The first-order chi connectivity index (χ1) is 14.4. The van der Waals surface area contributed by atoms with Crippen molar-refractivity contribution in [2.75, 3.05) is 20.2 Å². The number of carbonyl (C=O) groups is 2. The summed E-state index contributed by atoms with van der Waals surface area (Å²) in [6.07, 6.45) is 5.27. The fourth-order valence-corrected chi connectivity index (χ4v) is 6.96. The fraction of sp³-hybridized carbons (Fsp3) is 0.632. The highest BCUT2D eigenvalue weighted by molar-refractivity contribution is 7.89. The number of nitrogens with zero attached hydrogens (tertiary/aromatic N) is 2. The second kappa shape index (κ2) is 8.27. The Morgan fingerprint density at radius 2 is 1.97 bits per heavy atom. The molecule has 4 rings (SSSR count). The van der Waals surface area contributed by atoms with Crippen molar-refractivity contribution in [1.29, 1.82) is 0 Å². The topological polar surface area (TPSA) is 114 Å². The third-order valence-corrected chi connectivity index (χ3v) is 8.94. The largest absolute Gasteiger partial charge is 0.514 e. The average Bonchev–Trinajstić information content (AvgIpc) is 3.34. The molecular weight excluding hydrogens is 430 g/mol. The van der Waals surface area contributed by atoms with Crippen molar-refractivity contribution in [3.05, 3.63) is 11.4 Å². The van der Waals surface area contributed by atoms with Gasteiger partial charge >= 0.3 is 6.16 Å². The molecule has 30 heavy (non-hydrogen) atoms. The minimum Gasteiger partial charge on any atom is -0.437 e. The van der Waals surface area contributed by atoms with Crippen molar-refractivity contribution in [1.82, 2.24) is 9.62 Å². The van der Waals surface area contributed by atoms with Gasteiger partial charge in [0.1, 0.15) is 16.3 Å². The Balaban J connectivity index is 1.48. The van der Waals surface area contributed by atoms with Gasteiger partial charge in [0, 0.05) is 19.0 Å². The molecule has 2 aliphatic heterocycles. The molecule has 1 amide bonds. The van der Waals surface area contributed by atoms with Crippen molar-refractivity contribution in [2.24, 2.45) is 10.9 Å². The molecule has 0 aromatic carbocycles. The molecule has 2 fully saturated rings. The van der Waals surface area contributed by atoms with Crippen LogP contribution in [0.4, 0.5) is 4.79 Å². The Morgan fingerprint density at radius 1 is 1.27 bits per heavy atom. The van der Waals surface area contributed by atoms with Crippen molar-refractivity contribution in [2.45, 2.75) is 55.4 Å². The van der Waals surface area contributed by atoms with Crippen LogP contribution in [-0.2, 0) is 19.6 Å². The zero-order valence-electron chi connectivity index (χ0n) is 16.8. The van der Waals surface area contributed by atoms with Crippen molar-refractivity contribution < 1.29 is 27.5 Å². The second-order valence-corrected chi connectivity index (χ2v) is 10.6. The van der Waals surface area contributed by atoms with Gasteiger partial charge in [-0.3, -0.25) is 9.79 Å². The number of hydrogen-bond donors (Lipinski definition) is 1. The van der Waals surface area contributed by atoms with Gasteiger partial charge in [0.05, 0.1) is 7.11 Å². The van der Waals surface area contributed by atoms with E-state index < -0.39 is 21.7 Å². The van der Waals surface area contributed by atoms with E-state index in [2.05, 4.69) is 10.1 Å². The summed E-state index contributed by atoms with van der Waals surface area (Å²) >= 11 is 1.00. The number of hydrogen-bond acceptors (Lipinski definition) is 8. The zero-order chi connectivity index (χ0) is 21.4.